The van der Waals surface area contributed by atoms with Gasteiger partial charge in [0.25, 0.3) is 0 Å². The molecule has 1 aromatic carbocycles. The van der Waals surface area contributed by atoms with Crippen LogP contribution in [0.1, 0.15) is 50.8 Å². The molecule has 1 aromatic rings. The fourth-order valence-electron chi connectivity index (χ4n) is 2.05. The second kappa shape index (κ2) is 8.28. The van der Waals surface area contributed by atoms with Crippen LogP contribution in [0.3, 0.4) is 0 Å². The minimum atomic E-state index is 0.351. The van der Waals surface area contributed by atoms with E-state index in [1.165, 1.54) is 17.5 Å². The van der Waals surface area contributed by atoms with Gasteiger partial charge >= 0.3 is 0 Å². The molecule has 0 fully saturated rings. The summed E-state index contributed by atoms with van der Waals surface area (Å²) in [6, 6.07) is 9.00. The second-order valence-corrected chi connectivity index (χ2v) is 5.16. The van der Waals surface area contributed by atoms with Crippen LogP contribution in [0.5, 0.6) is 0 Å². The molecular weight excluding hydrogens is 222 g/mol. The molecule has 0 radical (unpaired) electrons. The van der Waals surface area contributed by atoms with Crippen molar-refractivity contribution in [2.45, 2.75) is 52.7 Å². The molecule has 18 heavy (non-hydrogen) atoms. The van der Waals surface area contributed by atoms with Crippen LogP contribution in [0, 0.1) is 6.92 Å². The van der Waals surface area contributed by atoms with Crippen molar-refractivity contribution in [1.82, 2.24) is 5.32 Å². The molecule has 0 aliphatic carbocycles. The molecule has 0 aliphatic rings. The molecule has 0 spiro atoms. The van der Waals surface area contributed by atoms with Gasteiger partial charge in [-0.05, 0) is 58.2 Å². The molecule has 0 heterocycles. The zero-order chi connectivity index (χ0) is 13.4. The van der Waals surface area contributed by atoms with E-state index >= 15 is 0 Å². The van der Waals surface area contributed by atoms with Gasteiger partial charge in [0, 0.05) is 12.6 Å². The van der Waals surface area contributed by atoms with E-state index < -0.39 is 0 Å². The van der Waals surface area contributed by atoms with Crippen molar-refractivity contribution in [2.24, 2.45) is 0 Å². The third-order valence-corrected chi connectivity index (χ3v) is 3.13. The Kier molecular flexibility index (Phi) is 6.99. The third-order valence-electron chi connectivity index (χ3n) is 3.13. The maximum absolute atomic E-state index is 5.52. The molecule has 0 saturated carbocycles. The summed E-state index contributed by atoms with van der Waals surface area (Å²) in [6.45, 7) is 10.5. The van der Waals surface area contributed by atoms with E-state index in [2.05, 4.69) is 57.3 Å². The molecule has 1 unspecified atom stereocenters. The van der Waals surface area contributed by atoms with Gasteiger partial charge in [-0.2, -0.15) is 0 Å². The fraction of sp³-hybridized carbons (Fsp3) is 0.625. The van der Waals surface area contributed by atoms with Crippen LogP contribution in [0.25, 0.3) is 0 Å². The van der Waals surface area contributed by atoms with E-state index in [4.69, 9.17) is 4.74 Å². The molecule has 0 aromatic heterocycles. The molecule has 0 amide bonds. The molecule has 1 atom stereocenters. The Morgan fingerprint density at radius 2 is 1.83 bits per heavy atom. The summed E-state index contributed by atoms with van der Waals surface area (Å²) in [7, 11) is 0. The van der Waals surface area contributed by atoms with Gasteiger partial charge in [-0.25, -0.2) is 0 Å². The summed E-state index contributed by atoms with van der Waals surface area (Å²) < 4.78 is 5.52. The summed E-state index contributed by atoms with van der Waals surface area (Å²) >= 11 is 0. The lowest BCUT2D eigenvalue weighted by Crippen LogP contribution is -2.21. The quantitative estimate of drug-likeness (QED) is 0.707. The lowest BCUT2D eigenvalue weighted by Gasteiger charge is -2.16. The minimum absolute atomic E-state index is 0.351. The number of nitrogens with one attached hydrogen (secondary N) is 1. The number of hydrogen-bond donors (Lipinski definition) is 1. The van der Waals surface area contributed by atoms with Crippen molar-refractivity contribution in [3.05, 3.63) is 35.4 Å². The van der Waals surface area contributed by atoms with Crippen LogP contribution in [-0.4, -0.2) is 19.3 Å². The van der Waals surface area contributed by atoms with Gasteiger partial charge in [0.15, 0.2) is 0 Å². The number of unbranched alkanes of at least 4 members (excludes halogenated alkanes) is 1. The molecule has 2 heteroatoms. The summed E-state index contributed by atoms with van der Waals surface area (Å²) in [6.07, 6.45) is 2.65. The highest BCUT2D eigenvalue weighted by molar-refractivity contribution is 5.28. The summed E-state index contributed by atoms with van der Waals surface area (Å²) in [5, 5.41) is 3.57. The van der Waals surface area contributed by atoms with Gasteiger partial charge < -0.3 is 10.1 Å². The molecule has 1 rings (SSSR count). The Hall–Kier alpha value is -0.860. The largest absolute Gasteiger partial charge is 0.379 e. The van der Waals surface area contributed by atoms with Crippen LogP contribution in [-0.2, 0) is 4.74 Å². The van der Waals surface area contributed by atoms with Gasteiger partial charge in [-0.3, -0.25) is 0 Å². The molecular formula is C16H27NO. The van der Waals surface area contributed by atoms with Crippen molar-refractivity contribution in [3.63, 3.8) is 0 Å². The fourth-order valence-corrected chi connectivity index (χ4v) is 2.05. The van der Waals surface area contributed by atoms with Crippen LogP contribution in [0.4, 0.5) is 0 Å². The summed E-state index contributed by atoms with van der Waals surface area (Å²) in [4.78, 5) is 0. The summed E-state index contributed by atoms with van der Waals surface area (Å²) in [5.74, 6) is 0. The maximum Gasteiger partial charge on any atom is 0.0518 e. The average Bonchev–Trinajstić information content (AvgIpc) is 2.33. The van der Waals surface area contributed by atoms with Gasteiger partial charge in [-0.15, -0.1) is 0 Å². The number of benzene rings is 1. The first-order chi connectivity index (χ1) is 8.61. The van der Waals surface area contributed by atoms with Crippen LogP contribution in [0.15, 0.2) is 24.3 Å². The van der Waals surface area contributed by atoms with Gasteiger partial charge in [-0.1, -0.05) is 24.3 Å². The highest BCUT2D eigenvalue weighted by Gasteiger charge is 2.06. The molecule has 102 valence electrons. The van der Waals surface area contributed by atoms with Gasteiger partial charge in [0.05, 0.1) is 6.10 Å². The van der Waals surface area contributed by atoms with Crippen LogP contribution < -0.4 is 5.32 Å². The second-order valence-electron chi connectivity index (χ2n) is 5.16. The molecule has 0 bridgehead atoms. The standard InChI is InChI=1S/C16H27NO/c1-13(2)18-12-8-7-11-17-15(4)16-10-6-5-9-14(16)3/h5-6,9-10,13,15,17H,7-8,11-12H2,1-4H3. The van der Waals surface area contributed by atoms with E-state index in [0.717, 1.165) is 19.6 Å². The first kappa shape index (κ1) is 15.2. The highest BCUT2D eigenvalue weighted by Crippen LogP contribution is 2.16. The van der Waals surface area contributed by atoms with E-state index in [1.807, 2.05) is 0 Å². The summed E-state index contributed by atoms with van der Waals surface area (Å²) in [5.41, 5.74) is 2.76. The number of ether oxygens (including phenoxy) is 1. The van der Waals surface area contributed by atoms with Crippen molar-refractivity contribution in [1.29, 1.82) is 0 Å². The predicted molar refractivity (Wildman–Crippen MR) is 77.9 cm³/mol. The topological polar surface area (TPSA) is 21.3 Å². The Morgan fingerprint density at radius 1 is 1.11 bits per heavy atom. The first-order valence-corrected chi connectivity index (χ1v) is 7.01. The normalized spacial score (nSPS) is 12.9. The number of hydrogen-bond acceptors (Lipinski definition) is 2. The zero-order valence-corrected chi connectivity index (χ0v) is 12.2. The highest BCUT2D eigenvalue weighted by atomic mass is 16.5. The maximum atomic E-state index is 5.52. The van der Waals surface area contributed by atoms with Crippen LogP contribution in [0.2, 0.25) is 0 Å². The number of rotatable bonds is 8. The number of aryl methyl sites for hydroxylation is 1. The predicted octanol–water partition coefficient (Wildman–Crippen LogP) is 3.85. The van der Waals surface area contributed by atoms with E-state index in [1.54, 1.807) is 0 Å². The van der Waals surface area contributed by atoms with E-state index in [-0.39, 0.29) is 0 Å². The Balaban J connectivity index is 2.18. The van der Waals surface area contributed by atoms with Gasteiger partial charge in [0.2, 0.25) is 0 Å². The Morgan fingerprint density at radius 3 is 2.50 bits per heavy atom. The Labute approximate surface area is 112 Å². The molecule has 0 saturated heterocycles. The Bertz CT molecular complexity index is 336. The van der Waals surface area contributed by atoms with E-state index in [9.17, 15) is 0 Å². The first-order valence-electron chi connectivity index (χ1n) is 7.01. The van der Waals surface area contributed by atoms with Crippen molar-refractivity contribution >= 4 is 0 Å². The monoisotopic (exact) mass is 249 g/mol. The van der Waals surface area contributed by atoms with E-state index in [0.29, 0.717) is 12.1 Å². The lowest BCUT2D eigenvalue weighted by molar-refractivity contribution is 0.0759. The van der Waals surface area contributed by atoms with Gasteiger partial charge in [0.1, 0.15) is 0 Å². The molecule has 2 nitrogen and oxygen atoms in total. The average molecular weight is 249 g/mol. The van der Waals surface area contributed by atoms with Crippen molar-refractivity contribution in [3.8, 4) is 0 Å². The molecule has 0 aliphatic heterocycles. The van der Waals surface area contributed by atoms with Crippen LogP contribution >= 0.6 is 0 Å². The third kappa shape index (κ3) is 5.65. The minimum Gasteiger partial charge on any atom is -0.379 e. The molecule has 1 N–H and O–H groups in total. The lowest BCUT2D eigenvalue weighted by atomic mass is 10.0. The zero-order valence-electron chi connectivity index (χ0n) is 12.2. The van der Waals surface area contributed by atoms with Crippen molar-refractivity contribution in [2.75, 3.05) is 13.2 Å². The smallest absolute Gasteiger partial charge is 0.0518 e. The SMILES string of the molecule is Cc1ccccc1C(C)NCCCCOC(C)C. The van der Waals surface area contributed by atoms with Crippen molar-refractivity contribution < 1.29 is 4.74 Å².